The normalized spacial score (nSPS) is 16.6. The summed E-state index contributed by atoms with van der Waals surface area (Å²) in [5.74, 6) is -0.191. The summed E-state index contributed by atoms with van der Waals surface area (Å²) >= 11 is 0. The fourth-order valence-corrected chi connectivity index (χ4v) is 3.67. The molecule has 4 N–H and O–H groups in total. The highest BCUT2D eigenvalue weighted by Gasteiger charge is 2.24. The molecule has 2 amide bonds. The van der Waals surface area contributed by atoms with E-state index in [9.17, 15) is 14.7 Å². The zero-order chi connectivity index (χ0) is 20.4. The van der Waals surface area contributed by atoms with Crippen LogP contribution in [0.4, 0.5) is 11.5 Å². The van der Waals surface area contributed by atoms with Crippen LogP contribution in [-0.4, -0.2) is 35.0 Å². The number of aromatic hydroxyl groups is 1. The number of carbonyl (C=O) groups is 2. The molecule has 2 aromatic carbocycles. The highest BCUT2D eigenvalue weighted by Crippen LogP contribution is 2.26. The molecule has 29 heavy (non-hydrogen) atoms. The second-order valence-electron chi connectivity index (χ2n) is 7.26. The van der Waals surface area contributed by atoms with Gasteiger partial charge in [0.05, 0.1) is 23.4 Å². The average molecular weight is 390 g/mol. The smallest absolute Gasteiger partial charge is 0.259 e. The van der Waals surface area contributed by atoms with Crippen LogP contribution in [0.15, 0.2) is 54.7 Å². The summed E-state index contributed by atoms with van der Waals surface area (Å²) in [5.41, 5.74) is 6.16. The predicted octanol–water partition coefficient (Wildman–Crippen LogP) is 2.89. The second-order valence-corrected chi connectivity index (χ2v) is 7.26. The molecule has 0 radical (unpaired) electrons. The van der Waals surface area contributed by atoms with Crippen molar-refractivity contribution in [3.63, 3.8) is 0 Å². The number of aromatic nitrogens is 1. The summed E-state index contributed by atoms with van der Waals surface area (Å²) in [7, 11) is 0. The molecule has 4 rings (SSSR count). The summed E-state index contributed by atoms with van der Waals surface area (Å²) in [5, 5.41) is 14.7. The standard InChI is InChI=1S/C22H22N4O3/c23-21(28)16-6-3-9-26(13-16)20-8-7-17(12-24-20)25-22(29)18-10-14-4-1-2-5-15(14)11-19(18)27/h1-2,4-5,7-8,10-12,16,27H,3,6,9,13H2,(H2,23,28)(H,25,29). The van der Waals surface area contributed by atoms with Gasteiger partial charge >= 0.3 is 0 Å². The Balaban J connectivity index is 1.48. The molecule has 1 aliphatic heterocycles. The number of piperidine rings is 1. The van der Waals surface area contributed by atoms with E-state index in [0.717, 1.165) is 36.0 Å². The van der Waals surface area contributed by atoms with E-state index in [-0.39, 0.29) is 23.1 Å². The van der Waals surface area contributed by atoms with Crippen molar-refractivity contribution in [1.82, 2.24) is 4.98 Å². The third-order valence-electron chi connectivity index (χ3n) is 5.26. The van der Waals surface area contributed by atoms with Crippen molar-refractivity contribution in [3.8, 4) is 5.75 Å². The van der Waals surface area contributed by atoms with Crippen molar-refractivity contribution in [2.24, 2.45) is 11.7 Å². The Hall–Kier alpha value is -3.61. The number of anilines is 2. The Labute approximate surface area is 168 Å². The van der Waals surface area contributed by atoms with Gasteiger partial charge in [-0.3, -0.25) is 9.59 Å². The molecule has 0 bridgehead atoms. The van der Waals surface area contributed by atoms with Gasteiger partial charge in [-0.05, 0) is 47.9 Å². The van der Waals surface area contributed by atoms with Gasteiger partial charge in [-0.1, -0.05) is 24.3 Å². The molecule has 1 atom stereocenters. The number of amides is 2. The van der Waals surface area contributed by atoms with Gasteiger partial charge in [0.15, 0.2) is 0 Å². The number of primary amides is 1. The monoisotopic (exact) mass is 390 g/mol. The summed E-state index contributed by atoms with van der Waals surface area (Å²) in [6, 6.07) is 14.3. The first-order valence-corrected chi connectivity index (χ1v) is 9.54. The lowest BCUT2D eigenvalue weighted by atomic mass is 9.97. The molecule has 7 heteroatoms. The summed E-state index contributed by atoms with van der Waals surface area (Å²) < 4.78 is 0. The number of rotatable bonds is 4. The SMILES string of the molecule is NC(=O)C1CCCN(c2ccc(NC(=O)c3cc4ccccc4cc3O)cn2)C1. The minimum Gasteiger partial charge on any atom is -0.507 e. The van der Waals surface area contributed by atoms with Gasteiger partial charge in [-0.2, -0.15) is 0 Å². The number of hydrogen-bond donors (Lipinski definition) is 3. The zero-order valence-electron chi connectivity index (χ0n) is 15.8. The summed E-state index contributed by atoms with van der Waals surface area (Å²) in [4.78, 5) is 30.5. The van der Waals surface area contributed by atoms with E-state index in [1.807, 2.05) is 29.2 Å². The van der Waals surface area contributed by atoms with Crippen molar-refractivity contribution < 1.29 is 14.7 Å². The molecule has 0 spiro atoms. The number of carbonyl (C=O) groups excluding carboxylic acids is 2. The molecule has 1 saturated heterocycles. The maximum atomic E-state index is 12.6. The third kappa shape index (κ3) is 3.99. The molecular formula is C22H22N4O3. The van der Waals surface area contributed by atoms with Crippen LogP contribution in [-0.2, 0) is 4.79 Å². The van der Waals surface area contributed by atoms with Gasteiger partial charge in [-0.25, -0.2) is 4.98 Å². The minimum atomic E-state index is -0.408. The number of nitrogens with zero attached hydrogens (tertiary/aromatic N) is 2. The van der Waals surface area contributed by atoms with Crippen molar-refractivity contribution in [1.29, 1.82) is 0 Å². The van der Waals surface area contributed by atoms with Crippen LogP contribution in [0.3, 0.4) is 0 Å². The van der Waals surface area contributed by atoms with Gasteiger partial charge in [0.25, 0.3) is 5.91 Å². The Morgan fingerprint density at radius 2 is 1.90 bits per heavy atom. The van der Waals surface area contributed by atoms with E-state index < -0.39 is 5.91 Å². The lowest BCUT2D eigenvalue weighted by molar-refractivity contribution is -0.122. The number of nitrogens with one attached hydrogen (secondary N) is 1. The number of pyridine rings is 1. The quantitative estimate of drug-likeness (QED) is 0.635. The van der Waals surface area contributed by atoms with Crippen molar-refractivity contribution in [2.75, 3.05) is 23.3 Å². The Morgan fingerprint density at radius 1 is 1.14 bits per heavy atom. The number of fused-ring (bicyclic) bond motifs is 1. The maximum Gasteiger partial charge on any atom is 0.259 e. The first-order valence-electron chi connectivity index (χ1n) is 9.54. The van der Waals surface area contributed by atoms with Crippen molar-refractivity contribution in [2.45, 2.75) is 12.8 Å². The fourth-order valence-electron chi connectivity index (χ4n) is 3.67. The zero-order valence-corrected chi connectivity index (χ0v) is 15.8. The summed E-state index contributed by atoms with van der Waals surface area (Å²) in [6.45, 7) is 1.37. The molecule has 7 nitrogen and oxygen atoms in total. The Bertz CT molecular complexity index is 1070. The van der Waals surface area contributed by atoms with Crippen LogP contribution in [0.5, 0.6) is 5.75 Å². The number of phenols is 1. The van der Waals surface area contributed by atoms with E-state index in [1.165, 1.54) is 0 Å². The second kappa shape index (κ2) is 7.79. The van der Waals surface area contributed by atoms with Gasteiger partial charge in [-0.15, -0.1) is 0 Å². The largest absolute Gasteiger partial charge is 0.507 e. The van der Waals surface area contributed by atoms with Crippen molar-refractivity contribution in [3.05, 3.63) is 60.3 Å². The van der Waals surface area contributed by atoms with Crippen LogP contribution < -0.4 is 16.0 Å². The highest BCUT2D eigenvalue weighted by atomic mass is 16.3. The van der Waals surface area contributed by atoms with Gasteiger partial charge in [0.1, 0.15) is 11.6 Å². The molecule has 0 saturated carbocycles. The third-order valence-corrected chi connectivity index (χ3v) is 5.26. The topological polar surface area (TPSA) is 109 Å². The van der Waals surface area contributed by atoms with Gasteiger partial charge in [0, 0.05) is 13.1 Å². The first-order chi connectivity index (χ1) is 14.0. The molecule has 1 unspecified atom stereocenters. The van der Waals surface area contributed by atoms with E-state index >= 15 is 0 Å². The molecule has 2 heterocycles. The lowest BCUT2D eigenvalue weighted by Crippen LogP contribution is -2.41. The lowest BCUT2D eigenvalue weighted by Gasteiger charge is -2.32. The Kier molecular flexibility index (Phi) is 5.03. The minimum absolute atomic E-state index is 0.0726. The predicted molar refractivity (Wildman–Crippen MR) is 112 cm³/mol. The molecule has 148 valence electrons. The Morgan fingerprint density at radius 3 is 2.59 bits per heavy atom. The molecule has 0 aliphatic carbocycles. The molecular weight excluding hydrogens is 368 g/mol. The van der Waals surface area contributed by atoms with E-state index in [0.29, 0.717) is 12.2 Å². The number of benzene rings is 2. The van der Waals surface area contributed by atoms with Gasteiger partial charge in [0.2, 0.25) is 5.91 Å². The van der Waals surface area contributed by atoms with Crippen LogP contribution in [0.25, 0.3) is 10.8 Å². The van der Waals surface area contributed by atoms with E-state index in [4.69, 9.17) is 5.73 Å². The fraction of sp³-hybridized carbons (Fsp3) is 0.227. The maximum absolute atomic E-state index is 12.6. The molecule has 1 aromatic heterocycles. The van der Waals surface area contributed by atoms with Crippen LogP contribution >= 0.6 is 0 Å². The molecule has 1 aliphatic rings. The van der Waals surface area contributed by atoms with E-state index in [2.05, 4.69) is 10.3 Å². The van der Waals surface area contributed by atoms with E-state index in [1.54, 1.807) is 30.5 Å². The number of nitrogens with two attached hydrogens (primary N) is 1. The highest BCUT2D eigenvalue weighted by molar-refractivity contribution is 6.08. The molecule has 1 fully saturated rings. The molecule has 3 aromatic rings. The first kappa shape index (κ1) is 18.7. The van der Waals surface area contributed by atoms with Crippen LogP contribution in [0, 0.1) is 5.92 Å². The average Bonchev–Trinajstić information content (AvgIpc) is 2.73. The van der Waals surface area contributed by atoms with Crippen LogP contribution in [0.2, 0.25) is 0 Å². The van der Waals surface area contributed by atoms with Crippen LogP contribution in [0.1, 0.15) is 23.2 Å². The van der Waals surface area contributed by atoms with Crippen molar-refractivity contribution >= 4 is 34.1 Å². The summed E-state index contributed by atoms with van der Waals surface area (Å²) in [6.07, 6.45) is 3.25. The van der Waals surface area contributed by atoms with Gasteiger partial charge < -0.3 is 21.1 Å². The number of phenolic OH excluding ortho intramolecular Hbond substituents is 1. The number of hydrogen-bond acceptors (Lipinski definition) is 5.